The summed E-state index contributed by atoms with van der Waals surface area (Å²) in [5.74, 6) is 0. The minimum Gasteiger partial charge on any atom is -0.454 e. The lowest BCUT2D eigenvalue weighted by molar-refractivity contribution is 0.668. The van der Waals surface area contributed by atoms with Gasteiger partial charge in [0.05, 0.1) is 5.52 Å². The van der Waals surface area contributed by atoms with E-state index in [1.165, 1.54) is 21.9 Å². The van der Waals surface area contributed by atoms with Gasteiger partial charge in [0.15, 0.2) is 5.58 Å². The van der Waals surface area contributed by atoms with Gasteiger partial charge in [-0.3, -0.25) is 0 Å². The molecule has 6 rings (SSSR count). The first-order valence-electron chi connectivity index (χ1n) is 9.91. The van der Waals surface area contributed by atoms with Crippen LogP contribution in [-0.2, 0) is 0 Å². The second-order valence-electron chi connectivity index (χ2n) is 7.69. The van der Waals surface area contributed by atoms with Gasteiger partial charge in [-0.05, 0) is 47.9 Å². The van der Waals surface area contributed by atoms with E-state index >= 15 is 0 Å². The molecule has 2 heteroatoms. The first-order valence-corrected chi connectivity index (χ1v) is 9.91. The van der Waals surface area contributed by atoms with E-state index in [2.05, 4.69) is 74.5 Å². The number of aryl methyl sites for hydroxylation is 2. The van der Waals surface area contributed by atoms with Gasteiger partial charge in [-0.1, -0.05) is 66.7 Å². The quantitative estimate of drug-likeness (QED) is 0.297. The Labute approximate surface area is 168 Å². The minimum absolute atomic E-state index is 0.862. The Hall–Kier alpha value is -3.65. The lowest BCUT2D eigenvalue weighted by Crippen LogP contribution is -1.92. The van der Waals surface area contributed by atoms with E-state index in [0.29, 0.717) is 0 Å². The van der Waals surface area contributed by atoms with Gasteiger partial charge in [0.1, 0.15) is 11.3 Å². The first kappa shape index (κ1) is 16.3. The van der Waals surface area contributed by atoms with Crippen molar-refractivity contribution < 1.29 is 4.42 Å². The van der Waals surface area contributed by atoms with Crippen LogP contribution >= 0.6 is 0 Å². The standard InChI is InChI=1S/C27H19NO/c1-16-8-7-9-18-14-15-19(17(2)24(16)18)26-27-25(20-10-3-5-12-22(20)28-26)21-11-4-6-13-23(21)29-27/h3-15H,1-2H3. The smallest absolute Gasteiger partial charge is 0.162 e. The molecule has 0 bridgehead atoms. The van der Waals surface area contributed by atoms with E-state index in [4.69, 9.17) is 9.40 Å². The predicted molar refractivity (Wildman–Crippen MR) is 121 cm³/mol. The molecular weight excluding hydrogens is 354 g/mol. The summed E-state index contributed by atoms with van der Waals surface area (Å²) in [6, 6.07) is 27.4. The highest BCUT2D eigenvalue weighted by Crippen LogP contribution is 2.41. The second-order valence-corrected chi connectivity index (χ2v) is 7.69. The van der Waals surface area contributed by atoms with Gasteiger partial charge >= 0.3 is 0 Å². The molecule has 2 heterocycles. The summed E-state index contributed by atoms with van der Waals surface area (Å²) in [7, 11) is 0. The molecule has 0 atom stereocenters. The van der Waals surface area contributed by atoms with Crippen molar-refractivity contribution in [3.63, 3.8) is 0 Å². The maximum Gasteiger partial charge on any atom is 0.162 e. The van der Waals surface area contributed by atoms with E-state index in [1.54, 1.807) is 0 Å². The van der Waals surface area contributed by atoms with Crippen LogP contribution in [0.5, 0.6) is 0 Å². The van der Waals surface area contributed by atoms with Crippen LogP contribution in [0.3, 0.4) is 0 Å². The molecule has 29 heavy (non-hydrogen) atoms. The van der Waals surface area contributed by atoms with Gasteiger partial charge in [-0.15, -0.1) is 0 Å². The summed E-state index contributed by atoms with van der Waals surface area (Å²) in [5, 5.41) is 5.96. The van der Waals surface area contributed by atoms with Crippen LogP contribution in [0.15, 0.2) is 83.3 Å². The minimum atomic E-state index is 0.862. The van der Waals surface area contributed by atoms with E-state index in [9.17, 15) is 0 Å². The molecule has 0 aliphatic heterocycles. The van der Waals surface area contributed by atoms with Gasteiger partial charge in [0, 0.05) is 21.7 Å². The number of furan rings is 1. The topological polar surface area (TPSA) is 26.0 Å². The molecule has 0 spiro atoms. The number of pyridine rings is 1. The number of para-hydroxylation sites is 2. The fourth-order valence-corrected chi connectivity index (χ4v) is 4.65. The van der Waals surface area contributed by atoms with Crippen molar-refractivity contribution in [2.24, 2.45) is 0 Å². The van der Waals surface area contributed by atoms with E-state index in [1.807, 2.05) is 18.2 Å². The fourth-order valence-electron chi connectivity index (χ4n) is 4.65. The van der Waals surface area contributed by atoms with Gasteiger partial charge in [0.25, 0.3) is 0 Å². The molecule has 0 saturated heterocycles. The fraction of sp³-hybridized carbons (Fsp3) is 0.0741. The van der Waals surface area contributed by atoms with Crippen molar-refractivity contribution in [1.29, 1.82) is 0 Å². The number of rotatable bonds is 1. The molecule has 0 fully saturated rings. The summed E-state index contributed by atoms with van der Waals surface area (Å²) in [6.45, 7) is 4.36. The normalized spacial score (nSPS) is 11.8. The molecule has 0 saturated carbocycles. The summed E-state index contributed by atoms with van der Waals surface area (Å²) in [6.07, 6.45) is 0. The highest BCUT2D eigenvalue weighted by atomic mass is 16.3. The monoisotopic (exact) mass is 373 g/mol. The third-order valence-corrected chi connectivity index (χ3v) is 5.98. The average Bonchev–Trinajstić information content (AvgIpc) is 3.14. The molecule has 138 valence electrons. The van der Waals surface area contributed by atoms with Crippen LogP contribution in [0.25, 0.3) is 54.9 Å². The number of fused-ring (bicyclic) bond motifs is 6. The molecule has 0 radical (unpaired) electrons. The number of benzene rings is 4. The third-order valence-electron chi connectivity index (χ3n) is 5.98. The van der Waals surface area contributed by atoms with Crippen molar-refractivity contribution in [2.75, 3.05) is 0 Å². The zero-order chi connectivity index (χ0) is 19.5. The Bertz CT molecular complexity index is 1570. The Morgan fingerprint density at radius 2 is 1.48 bits per heavy atom. The summed E-state index contributed by atoms with van der Waals surface area (Å²) in [4.78, 5) is 5.07. The highest BCUT2D eigenvalue weighted by molar-refractivity contribution is 6.21. The molecule has 2 aromatic heterocycles. The number of hydrogen-bond acceptors (Lipinski definition) is 2. The predicted octanol–water partition coefficient (Wildman–Crippen LogP) is 7.57. The van der Waals surface area contributed by atoms with Crippen molar-refractivity contribution in [3.8, 4) is 11.3 Å². The summed E-state index contributed by atoms with van der Waals surface area (Å²) < 4.78 is 6.38. The Balaban J connectivity index is 1.82. The van der Waals surface area contributed by atoms with Crippen LogP contribution < -0.4 is 0 Å². The Kier molecular flexibility index (Phi) is 3.33. The maximum absolute atomic E-state index is 6.38. The van der Waals surface area contributed by atoms with Crippen molar-refractivity contribution in [2.45, 2.75) is 13.8 Å². The van der Waals surface area contributed by atoms with Crippen molar-refractivity contribution in [1.82, 2.24) is 4.98 Å². The number of nitrogens with zero attached hydrogens (tertiary/aromatic N) is 1. The molecule has 0 N–H and O–H groups in total. The van der Waals surface area contributed by atoms with Crippen LogP contribution in [0, 0.1) is 13.8 Å². The van der Waals surface area contributed by atoms with Gasteiger partial charge in [-0.2, -0.15) is 0 Å². The van der Waals surface area contributed by atoms with Crippen LogP contribution in [0.2, 0.25) is 0 Å². The largest absolute Gasteiger partial charge is 0.454 e. The molecule has 6 aromatic rings. The molecule has 0 amide bonds. The SMILES string of the molecule is Cc1cccc2ccc(-c3nc4ccccc4c4c3oc3ccccc34)c(C)c12. The average molecular weight is 373 g/mol. The summed E-state index contributed by atoms with van der Waals surface area (Å²) in [5.41, 5.74) is 7.32. The molecular formula is C27H19NO. The molecule has 0 unspecified atom stereocenters. The summed E-state index contributed by atoms with van der Waals surface area (Å²) >= 11 is 0. The maximum atomic E-state index is 6.38. The zero-order valence-electron chi connectivity index (χ0n) is 16.4. The van der Waals surface area contributed by atoms with E-state index < -0.39 is 0 Å². The highest BCUT2D eigenvalue weighted by Gasteiger charge is 2.19. The van der Waals surface area contributed by atoms with Crippen LogP contribution in [0.4, 0.5) is 0 Å². The Morgan fingerprint density at radius 1 is 0.690 bits per heavy atom. The zero-order valence-corrected chi connectivity index (χ0v) is 16.4. The lowest BCUT2D eigenvalue weighted by Gasteiger charge is -2.12. The van der Waals surface area contributed by atoms with Crippen LogP contribution in [-0.4, -0.2) is 4.98 Å². The molecule has 2 nitrogen and oxygen atoms in total. The van der Waals surface area contributed by atoms with Gasteiger partial charge in [0.2, 0.25) is 0 Å². The number of hydrogen-bond donors (Lipinski definition) is 0. The second kappa shape index (κ2) is 5.92. The van der Waals surface area contributed by atoms with E-state index in [0.717, 1.165) is 44.1 Å². The van der Waals surface area contributed by atoms with E-state index in [-0.39, 0.29) is 0 Å². The number of aromatic nitrogens is 1. The lowest BCUT2D eigenvalue weighted by atomic mass is 9.94. The van der Waals surface area contributed by atoms with Gasteiger partial charge < -0.3 is 4.42 Å². The van der Waals surface area contributed by atoms with Crippen molar-refractivity contribution >= 4 is 43.6 Å². The first-order chi connectivity index (χ1) is 14.2. The molecule has 0 aliphatic carbocycles. The van der Waals surface area contributed by atoms with Crippen LogP contribution in [0.1, 0.15) is 11.1 Å². The van der Waals surface area contributed by atoms with Crippen molar-refractivity contribution in [3.05, 3.63) is 90.0 Å². The molecule has 0 aliphatic rings. The third kappa shape index (κ3) is 2.26. The molecule has 4 aromatic carbocycles. The van der Waals surface area contributed by atoms with Gasteiger partial charge in [-0.25, -0.2) is 4.98 Å². The Morgan fingerprint density at radius 3 is 2.38 bits per heavy atom.